The SMILES string of the molecule is CCc1ccc(C(=O)N(CCC#N)c2ccccc2)o1. The van der Waals surface area contributed by atoms with E-state index in [9.17, 15) is 4.79 Å². The standard InChI is InChI=1S/C16H16N2O2/c1-2-14-9-10-15(20-14)16(19)18(12-6-11-17)13-7-4-3-5-8-13/h3-5,7-10H,2,6,12H2,1H3. The molecule has 1 aromatic carbocycles. The molecule has 0 aliphatic rings. The molecule has 4 heteroatoms. The Morgan fingerprint density at radius 2 is 2.00 bits per heavy atom. The van der Waals surface area contributed by atoms with Crippen molar-refractivity contribution in [3.63, 3.8) is 0 Å². The van der Waals surface area contributed by atoms with Crippen molar-refractivity contribution in [2.45, 2.75) is 19.8 Å². The summed E-state index contributed by atoms with van der Waals surface area (Å²) in [6.07, 6.45) is 1.03. The lowest BCUT2D eigenvalue weighted by atomic mass is 10.2. The van der Waals surface area contributed by atoms with Gasteiger partial charge in [-0.15, -0.1) is 0 Å². The molecule has 2 rings (SSSR count). The van der Waals surface area contributed by atoms with E-state index in [4.69, 9.17) is 9.68 Å². The molecule has 0 aliphatic heterocycles. The number of anilines is 1. The minimum absolute atomic E-state index is 0.217. The summed E-state index contributed by atoms with van der Waals surface area (Å²) in [7, 11) is 0. The van der Waals surface area contributed by atoms with Gasteiger partial charge in [0.15, 0.2) is 5.76 Å². The monoisotopic (exact) mass is 268 g/mol. The van der Waals surface area contributed by atoms with Crippen molar-refractivity contribution in [2.75, 3.05) is 11.4 Å². The van der Waals surface area contributed by atoms with Crippen LogP contribution in [0, 0.1) is 11.3 Å². The Labute approximate surface area is 118 Å². The van der Waals surface area contributed by atoms with Gasteiger partial charge in [0.05, 0.1) is 12.5 Å². The maximum Gasteiger partial charge on any atom is 0.294 e. The number of rotatable bonds is 5. The van der Waals surface area contributed by atoms with Crippen LogP contribution >= 0.6 is 0 Å². The molecule has 0 atom stereocenters. The summed E-state index contributed by atoms with van der Waals surface area (Å²) in [6.45, 7) is 2.32. The average molecular weight is 268 g/mol. The zero-order valence-electron chi connectivity index (χ0n) is 11.4. The number of hydrogen-bond acceptors (Lipinski definition) is 3. The van der Waals surface area contributed by atoms with Gasteiger partial charge in [0.2, 0.25) is 0 Å². The first-order valence-electron chi connectivity index (χ1n) is 6.59. The summed E-state index contributed by atoms with van der Waals surface area (Å²) in [5, 5.41) is 8.75. The second-order valence-electron chi connectivity index (χ2n) is 4.32. The quantitative estimate of drug-likeness (QED) is 0.835. The highest BCUT2D eigenvalue weighted by atomic mass is 16.4. The number of aryl methyl sites for hydroxylation is 1. The van der Waals surface area contributed by atoms with Crippen molar-refractivity contribution in [3.8, 4) is 6.07 Å². The van der Waals surface area contributed by atoms with E-state index in [0.29, 0.717) is 12.3 Å². The van der Waals surface area contributed by atoms with Crippen molar-refractivity contribution in [3.05, 3.63) is 54.0 Å². The first kappa shape index (κ1) is 13.9. The highest BCUT2D eigenvalue weighted by molar-refractivity contribution is 6.04. The molecule has 0 bridgehead atoms. The number of carbonyl (C=O) groups excluding carboxylic acids is 1. The van der Waals surface area contributed by atoms with Gasteiger partial charge in [-0.05, 0) is 24.3 Å². The fourth-order valence-corrected chi connectivity index (χ4v) is 1.93. The van der Waals surface area contributed by atoms with Gasteiger partial charge in [-0.25, -0.2) is 0 Å². The van der Waals surface area contributed by atoms with Crippen molar-refractivity contribution >= 4 is 11.6 Å². The van der Waals surface area contributed by atoms with E-state index < -0.39 is 0 Å². The highest BCUT2D eigenvalue weighted by Gasteiger charge is 2.20. The van der Waals surface area contributed by atoms with Crippen LogP contribution in [0.5, 0.6) is 0 Å². The molecule has 0 N–H and O–H groups in total. The van der Waals surface area contributed by atoms with E-state index in [-0.39, 0.29) is 12.3 Å². The van der Waals surface area contributed by atoms with Crippen molar-refractivity contribution in [2.24, 2.45) is 0 Å². The molecule has 20 heavy (non-hydrogen) atoms. The van der Waals surface area contributed by atoms with Gasteiger partial charge in [-0.3, -0.25) is 4.79 Å². The fraction of sp³-hybridized carbons (Fsp3) is 0.250. The molecule has 0 fully saturated rings. The van der Waals surface area contributed by atoms with Crippen molar-refractivity contribution < 1.29 is 9.21 Å². The van der Waals surface area contributed by atoms with E-state index >= 15 is 0 Å². The molecule has 0 aliphatic carbocycles. The van der Waals surface area contributed by atoms with Gasteiger partial charge >= 0.3 is 0 Å². The van der Waals surface area contributed by atoms with Crippen LogP contribution in [0.25, 0.3) is 0 Å². The Balaban J connectivity index is 2.26. The average Bonchev–Trinajstić information content (AvgIpc) is 2.97. The van der Waals surface area contributed by atoms with Gasteiger partial charge in [0.25, 0.3) is 5.91 Å². The molecule has 1 amide bonds. The summed E-state index contributed by atoms with van der Waals surface area (Å²) in [5.74, 6) is 0.872. The molecule has 0 saturated heterocycles. The molecule has 1 aromatic heterocycles. The normalized spacial score (nSPS) is 10.0. The Bertz CT molecular complexity index is 611. The molecule has 2 aromatic rings. The Morgan fingerprint density at radius 1 is 1.25 bits per heavy atom. The number of hydrogen-bond donors (Lipinski definition) is 0. The minimum atomic E-state index is -0.217. The van der Waals surface area contributed by atoms with Crippen LogP contribution in [0.15, 0.2) is 46.9 Å². The molecule has 4 nitrogen and oxygen atoms in total. The van der Waals surface area contributed by atoms with E-state index in [2.05, 4.69) is 6.07 Å². The zero-order valence-corrected chi connectivity index (χ0v) is 11.4. The topological polar surface area (TPSA) is 57.2 Å². The van der Waals surface area contributed by atoms with E-state index in [1.165, 1.54) is 0 Å². The fourth-order valence-electron chi connectivity index (χ4n) is 1.93. The molecular weight excluding hydrogens is 252 g/mol. The highest BCUT2D eigenvalue weighted by Crippen LogP contribution is 2.18. The minimum Gasteiger partial charge on any atom is -0.456 e. The van der Waals surface area contributed by atoms with Gasteiger partial charge in [-0.2, -0.15) is 5.26 Å². The summed E-state index contributed by atoms with van der Waals surface area (Å²) in [6, 6.07) is 14.9. The zero-order chi connectivity index (χ0) is 14.4. The van der Waals surface area contributed by atoms with E-state index in [1.807, 2.05) is 37.3 Å². The molecule has 102 valence electrons. The summed E-state index contributed by atoms with van der Waals surface area (Å²) in [5.41, 5.74) is 0.766. The van der Waals surface area contributed by atoms with Crippen molar-refractivity contribution in [1.29, 1.82) is 5.26 Å². The van der Waals surface area contributed by atoms with Crippen LogP contribution in [0.3, 0.4) is 0 Å². The first-order valence-corrected chi connectivity index (χ1v) is 6.59. The summed E-state index contributed by atoms with van der Waals surface area (Å²) >= 11 is 0. The van der Waals surface area contributed by atoms with Crippen LogP contribution in [-0.2, 0) is 6.42 Å². The predicted molar refractivity (Wildman–Crippen MR) is 76.4 cm³/mol. The number of benzene rings is 1. The number of nitrogens with zero attached hydrogens (tertiary/aromatic N) is 2. The predicted octanol–water partition coefficient (Wildman–Crippen LogP) is 3.40. The second-order valence-corrected chi connectivity index (χ2v) is 4.32. The Hall–Kier alpha value is -2.54. The van der Waals surface area contributed by atoms with Crippen molar-refractivity contribution in [1.82, 2.24) is 0 Å². The lowest BCUT2D eigenvalue weighted by molar-refractivity contribution is 0.0959. The molecule has 0 saturated carbocycles. The molecule has 0 spiro atoms. The summed E-state index contributed by atoms with van der Waals surface area (Å²) < 4.78 is 5.50. The van der Waals surface area contributed by atoms with Crippen LogP contribution < -0.4 is 4.90 Å². The molecule has 0 radical (unpaired) electrons. The van der Waals surface area contributed by atoms with Gasteiger partial charge in [-0.1, -0.05) is 25.1 Å². The number of amides is 1. The summed E-state index contributed by atoms with van der Waals surface area (Å²) in [4.78, 5) is 14.1. The van der Waals surface area contributed by atoms with Gasteiger partial charge in [0, 0.05) is 18.7 Å². The first-order chi connectivity index (χ1) is 9.76. The number of nitriles is 1. The van der Waals surface area contributed by atoms with Crippen LogP contribution in [0.4, 0.5) is 5.69 Å². The number of para-hydroxylation sites is 1. The molecule has 0 unspecified atom stereocenters. The maximum absolute atomic E-state index is 12.5. The second kappa shape index (κ2) is 6.58. The third kappa shape index (κ3) is 3.07. The van der Waals surface area contributed by atoms with Crippen LogP contribution in [0.1, 0.15) is 29.7 Å². The van der Waals surface area contributed by atoms with Gasteiger partial charge < -0.3 is 9.32 Å². The molecule has 1 heterocycles. The third-order valence-electron chi connectivity index (χ3n) is 2.98. The maximum atomic E-state index is 12.5. The number of carbonyl (C=O) groups is 1. The van der Waals surface area contributed by atoms with E-state index in [0.717, 1.165) is 17.9 Å². The van der Waals surface area contributed by atoms with E-state index in [1.54, 1.807) is 17.0 Å². The Kier molecular flexibility index (Phi) is 4.56. The largest absolute Gasteiger partial charge is 0.456 e. The smallest absolute Gasteiger partial charge is 0.294 e. The van der Waals surface area contributed by atoms with Gasteiger partial charge in [0.1, 0.15) is 5.76 Å². The van der Waals surface area contributed by atoms with Crippen LogP contribution in [-0.4, -0.2) is 12.5 Å². The Morgan fingerprint density at radius 3 is 2.60 bits per heavy atom. The third-order valence-corrected chi connectivity index (χ3v) is 2.98. The number of furan rings is 1. The molecular formula is C16H16N2O2. The lowest BCUT2D eigenvalue weighted by Gasteiger charge is -2.20. The van der Waals surface area contributed by atoms with Crippen LogP contribution in [0.2, 0.25) is 0 Å². The lowest BCUT2D eigenvalue weighted by Crippen LogP contribution is -2.31.